The van der Waals surface area contributed by atoms with E-state index in [4.69, 9.17) is 0 Å². The Labute approximate surface area is 107 Å². The van der Waals surface area contributed by atoms with Crippen molar-refractivity contribution in [2.45, 2.75) is 26.2 Å². The number of nitrogens with one attached hydrogen (secondary N) is 2. The van der Waals surface area contributed by atoms with Crippen LogP contribution in [0.3, 0.4) is 0 Å². The number of para-hydroxylation sites is 1. The third kappa shape index (κ3) is 5.30. The number of allylic oxidation sites excluding steroid dienone is 1. The van der Waals surface area contributed by atoms with Crippen molar-refractivity contribution < 1.29 is 9.59 Å². The molecule has 1 aromatic carbocycles. The molecule has 1 aromatic rings. The highest BCUT2D eigenvalue weighted by atomic mass is 16.2. The SMILES string of the molecule is CCCC/C(C=O)=C/NC(=O)Nc1ccccc1. The Balaban J connectivity index is 2.44. The lowest BCUT2D eigenvalue weighted by atomic mass is 10.1. The molecule has 96 valence electrons. The van der Waals surface area contributed by atoms with Crippen molar-refractivity contribution in [2.75, 3.05) is 5.32 Å². The fourth-order valence-corrected chi connectivity index (χ4v) is 1.39. The van der Waals surface area contributed by atoms with Gasteiger partial charge in [-0.25, -0.2) is 4.79 Å². The molecule has 0 saturated heterocycles. The largest absolute Gasteiger partial charge is 0.323 e. The van der Waals surface area contributed by atoms with Gasteiger partial charge < -0.3 is 10.6 Å². The molecule has 0 atom stereocenters. The highest BCUT2D eigenvalue weighted by molar-refractivity contribution is 5.90. The lowest BCUT2D eigenvalue weighted by Crippen LogP contribution is -2.24. The van der Waals surface area contributed by atoms with Gasteiger partial charge in [0.05, 0.1) is 0 Å². The molecule has 0 spiro atoms. The summed E-state index contributed by atoms with van der Waals surface area (Å²) in [4.78, 5) is 22.3. The van der Waals surface area contributed by atoms with Crippen LogP contribution in [0.4, 0.5) is 10.5 Å². The number of hydrogen-bond acceptors (Lipinski definition) is 2. The van der Waals surface area contributed by atoms with Gasteiger partial charge in [0.25, 0.3) is 0 Å². The maximum atomic E-state index is 11.5. The molecular formula is C14H18N2O2. The van der Waals surface area contributed by atoms with E-state index in [1.54, 1.807) is 12.1 Å². The Bertz CT molecular complexity index is 413. The second kappa shape index (κ2) is 8.06. The molecule has 0 radical (unpaired) electrons. The first-order valence-corrected chi connectivity index (χ1v) is 6.03. The Morgan fingerprint density at radius 3 is 2.61 bits per heavy atom. The summed E-state index contributed by atoms with van der Waals surface area (Å²) in [5.41, 5.74) is 1.31. The molecule has 0 aliphatic heterocycles. The number of unbranched alkanes of at least 4 members (excludes halogenated alkanes) is 1. The highest BCUT2D eigenvalue weighted by Crippen LogP contribution is 2.05. The van der Waals surface area contributed by atoms with Crippen molar-refractivity contribution in [2.24, 2.45) is 0 Å². The third-order valence-electron chi connectivity index (χ3n) is 2.39. The quantitative estimate of drug-likeness (QED) is 0.598. The monoisotopic (exact) mass is 246 g/mol. The van der Waals surface area contributed by atoms with E-state index in [0.29, 0.717) is 17.7 Å². The van der Waals surface area contributed by atoms with Crippen LogP contribution in [0.1, 0.15) is 26.2 Å². The summed E-state index contributed by atoms with van der Waals surface area (Å²) in [5.74, 6) is 0. The first kappa shape index (κ1) is 14.0. The maximum Gasteiger partial charge on any atom is 0.323 e. The van der Waals surface area contributed by atoms with Gasteiger partial charge >= 0.3 is 6.03 Å². The van der Waals surface area contributed by atoms with Gasteiger partial charge in [-0.2, -0.15) is 0 Å². The fraction of sp³-hybridized carbons (Fsp3) is 0.286. The molecule has 0 aliphatic carbocycles. The lowest BCUT2D eigenvalue weighted by molar-refractivity contribution is -0.105. The van der Waals surface area contributed by atoms with Crippen LogP contribution in [0, 0.1) is 0 Å². The Hall–Kier alpha value is -2.10. The van der Waals surface area contributed by atoms with Crippen LogP contribution < -0.4 is 10.6 Å². The number of carbonyl (C=O) groups excluding carboxylic acids is 2. The van der Waals surface area contributed by atoms with Crippen molar-refractivity contribution in [1.82, 2.24) is 5.32 Å². The summed E-state index contributed by atoms with van der Waals surface area (Å²) in [5, 5.41) is 5.21. The molecule has 0 aromatic heterocycles. The predicted octanol–water partition coefficient (Wildman–Crippen LogP) is 3.08. The van der Waals surface area contributed by atoms with Crippen molar-refractivity contribution >= 4 is 18.0 Å². The Morgan fingerprint density at radius 2 is 2.00 bits per heavy atom. The molecular weight excluding hydrogens is 228 g/mol. The average molecular weight is 246 g/mol. The summed E-state index contributed by atoms with van der Waals surface area (Å²) >= 11 is 0. The Morgan fingerprint density at radius 1 is 1.28 bits per heavy atom. The number of carbonyl (C=O) groups is 2. The smallest absolute Gasteiger partial charge is 0.314 e. The topological polar surface area (TPSA) is 58.2 Å². The van der Waals surface area contributed by atoms with Gasteiger partial charge in [0.1, 0.15) is 6.29 Å². The van der Waals surface area contributed by atoms with Crippen LogP contribution >= 0.6 is 0 Å². The van der Waals surface area contributed by atoms with E-state index in [-0.39, 0.29) is 6.03 Å². The van der Waals surface area contributed by atoms with Crippen LogP contribution in [-0.4, -0.2) is 12.3 Å². The first-order valence-electron chi connectivity index (χ1n) is 6.03. The van der Waals surface area contributed by atoms with Crippen molar-refractivity contribution in [3.63, 3.8) is 0 Å². The van der Waals surface area contributed by atoms with Crippen LogP contribution in [-0.2, 0) is 4.79 Å². The Kier molecular flexibility index (Phi) is 6.25. The summed E-state index contributed by atoms with van der Waals surface area (Å²) < 4.78 is 0. The summed E-state index contributed by atoms with van der Waals surface area (Å²) in [6.45, 7) is 2.05. The van der Waals surface area contributed by atoms with E-state index in [1.165, 1.54) is 6.20 Å². The molecule has 0 heterocycles. The molecule has 1 rings (SSSR count). The minimum absolute atomic E-state index is 0.350. The van der Waals surface area contributed by atoms with E-state index >= 15 is 0 Å². The number of hydrogen-bond donors (Lipinski definition) is 2. The van der Waals surface area contributed by atoms with E-state index in [1.807, 2.05) is 18.2 Å². The number of benzene rings is 1. The zero-order valence-corrected chi connectivity index (χ0v) is 10.5. The molecule has 4 heteroatoms. The summed E-state index contributed by atoms with van der Waals surface area (Å²) in [7, 11) is 0. The molecule has 0 bridgehead atoms. The molecule has 18 heavy (non-hydrogen) atoms. The summed E-state index contributed by atoms with van der Waals surface area (Å²) in [6, 6.07) is 8.78. The van der Waals surface area contributed by atoms with Crippen LogP contribution in [0.2, 0.25) is 0 Å². The molecule has 0 unspecified atom stereocenters. The second-order valence-corrected chi connectivity index (χ2v) is 3.91. The fourth-order valence-electron chi connectivity index (χ4n) is 1.39. The molecule has 2 N–H and O–H groups in total. The molecule has 0 saturated carbocycles. The van der Waals surface area contributed by atoms with E-state index in [0.717, 1.165) is 19.1 Å². The third-order valence-corrected chi connectivity index (χ3v) is 2.39. The van der Waals surface area contributed by atoms with Gasteiger partial charge in [-0.05, 0) is 25.0 Å². The predicted molar refractivity (Wildman–Crippen MR) is 72.3 cm³/mol. The zero-order chi connectivity index (χ0) is 13.2. The van der Waals surface area contributed by atoms with E-state index < -0.39 is 0 Å². The highest BCUT2D eigenvalue weighted by Gasteiger charge is 2.00. The zero-order valence-electron chi connectivity index (χ0n) is 10.5. The maximum absolute atomic E-state index is 11.5. The summed E-state index contributed by atoms with van der Waals surface area (Å²) in [6.07, 6.45) is 4.87. The molecule has 2 amide bonds. The number of amides is 2. The molecule has 0 aliphatic rings. The van der Waals surface area contributed by atoms with Crippen LogP contribution in [0.25, 0.3) is 0 Å². The van der Waals surface area contributed by atoms with Crippen LogP contribution in [0.15, 0.2) is 42.1 Å². The average Bonchev–Trinajstić information content (AvgIpc) is 2.40. The lowest BCUT2D eigenvalue weighted by Gasteiger charge is -2.05. The van der Waals surface area contributed by atoms with Crippen LogP contribution in [0.5, 0.6) is 0 Å². The normalized spacial score (nSPS) is 10.8. The first-order chi connectivity index (χ1) is 8.76. The second-order valence-electron chi connectivity index (χ2n) is 3.91. The van der Waals surface area contributed by atoms with Crippen molar-refractivity contribution in [3.8, 4) is 0 Å². The minimum Gasteiger partial charge on any atom is -0.314 e. The van der Waals surface area contributed by atoms with Gasteiger partial charge in [0.15, 0.2) is 0 Å². The minimum atomic E-state index is -0.350. The van der Waals surface area contributed by atoms with Gasteiger partial charge in [0.2, 0.25) is 0 Å². The van der Waals surface area contributed by atoms with Gasteiger partial charge in [-0.3, -0.25) is 4.79 Å². The van der Waals surface area contributed by atoms with Crippen molar-refractivity contribution in [3.05, 3.63) is 42.1 Å². The van der Waals surface area contributed by atoms with Gasteiger partial charge in [0, 0.05) is 17.5 Å². The van der Waals surface area contributed by atoms with Gasteiger partial charge in [-0.1, -0.05) is 31.5 Å². The van der Waals surface area contributed by atoms with Crippen molar-refractivity contribution in [1.29, 1.82) is 0 Å². The number of aldehydes is 1. The number of urea groups is 1. The number of rotatable bonds is 6. The van der Waals surface area contributed by atoms with E-state index in [9.17, 15) is 9.59 Å². The van der Waals surface area contributed by atoms with E-state index in [2.05, 4.69) is 17.6 Å². The number of anilines is 1. The molecule has 0 fully saturated rings. The standard InChI is InChI=1S/C14H18N2O2/c1-2-3-7-12(11-17)10-15-14(18)16-13-8-5-4-6-9-13/h4-6,8-11H,2-3,7H2,1H3,(H2,15,16,18)/b12-10-. The molecule has 4 nitrogen and oxygen atoms in total. The van der Waals surface area contributed by atoms with Gasteiger partial charge in [-0.15, -0.1) is 0 Å².